The number of hydrogen-bond donors (Lipinski definition) is 1. The van der Waals surface area contributed by atoms with Gasteiger partial charge in [0.2, 0.25) is 0 Å². The lowest BCUT2D eigenvalue weighted by Crippen LogP contribution is -2.26. The average Bonchev–Trinajstić information content (AvgIpc) is 3.27. The zero-order valence-electron chi connectivity index (χ0n) is 17.9. The zero-order valence-corrected chi connectivity index (χ0v) is 18.8. The van der Waals surface area contributed by atoms with Gasteiger partial charge in [-0.1, -0.05) is 36.0 Å². The molecule has 2 heterocycles. The molecule has 2 aromatic carbocycles. The minimum Gasteiger partial charge on any atom is -0.383 e. The van der Waals surface area contributed by atoms with E-state index in [0.717, 1.165) is 11.1 Å². The van der Waals surface area contributed by atoms with Crippen molar-refractivity contribution in [2.45, 2.75) is 10.9 Å². The molecule has 0 saturated heterocycles. The fourth-order valence-corrected chi connectivity index (χ4v) is 4.07. The van der Waals surface area contributed by atoms with Crippen molar-refractivity contribution in [1.82, 2.24) is 25.1 Å². The van der Waals surface area contributed by atoms with Gasteiger partial charge < -0.3 is 10.1 Å². The van der Waals surface area contributed by atoms with Crippen LogP contribution < -0.4 is 5.32 Å². The maximum absolute atomic E-state index is 14.7. The van der Waals surface area contributed by atoms with E-state index in [0.29, 0.717) is 41.1 Å². The number of nitrogens with zero attached hydrogens (tertiary/aromatic N) is 4. The van der Waals surface area contributed by atoms with Crippen LogP contribution in [0.15, 0.2) is 78.2 Å². The normalized spacial score (nSPS) is 10.8. The number of benzene rings is 2. The number of halogens is 1. The number of carbonyl (C=O) groups is 1. The molecule has 7 nitrogen and oxygen atoms in total. The Balaban J connectivity index is 1.55. The Morgan fingerprint density at radius 2 is 1.91 bits per heavy atom. The lowest BCUT2D eigenvalue weighted by atomic mass is 10.1. The van der Waals surface area contributed by atoms with Crippen LogP contribution in [0.1, 0.15) is 15.9 Å². The number of carbonyl (C=O) groups excluding carboxylic acids is 1. The Morgan fingerprint density at radius 3 is 2.64 bits per heavy atom. The number of para-hydroxylation sites is 1. The van der Waals surface area contributed by atoms with Crippen LogP contribution in [-0.2, 0) is 10.5 Å². The quantitative estimate of drug-likeness (QED) is 0.297. The first kappa shape index (κ1) is 22.6. The Hall–Kier alpha value is -3.56. The Bertz CT molecular complexity index is 1220. The molecule has 33 heavy (non-hydrogen) atoms. The second-order valence-corrected chi connectivity index (χ2v) is 8.01. The van der Waals surface area contributed by atoms with Gasteiger partial charge in [0.1, 0.15) is 5.82 Å². The highest BCUT2D eigenvalue weighted by Gasteiger charge is 2.18. The van der Waals surface area contributed by atoms with Gasteiger partial charge in [-0.2, -0.15) is 0 Å². The molecule has 0 fully saturated rings. The van der Waals surface area contributed by atoms with Crippen molar-refractivity contribution >= 4 is 17.7 Å². The van der Waals surface area contributed by atoms with Crippen molar-refractivity contribution in [1.29, 1.82) is 0 Å². The second kappa shape index (κ2) is 10.8. The molecule has 0 unspecified atom stereocenters. The number of thioether (sulfide) groups is 1. The van der Waals surface area contributed by atoms with Gasteiger partial charge in [0.15, 0.2) is 11.0 Å². The summed E-state index contributed by atoms with van der Waals surface area (Å²) in [5.74, 6) is 0.573. The summed E-state index contributed by atoms with van der Waals surface area (Å²) >= 11 is 1.44. The van der Waals surface area contributed by atoms with Crippen molar-refractivity contribution in [2.24, 2.45) is 0 Å². The summed E-state index contributed by atoms with van der Waals surface area (Å²) in [6.45, 7) is 0.919. The van der Waals surface area contributed by atoms with Crippen LogP contribution in [0.5, 0.6) is 0 Å². The van der Waals surface area contributed by atoms with Crippen molar-refractivity contribution in [3.63, 3.8) is 0 Å². The number of nitrogens with one attached hydrogen (secondary N) is 1. The largest absolute Gasteiger partial charge is 0.383 e. The van der Waals surface area contributed by atoms with Crippen molar-refractivity contribution in [2.75, 3.05) is 20.3 Å². The second-order valence-electron chi connectivity index (χ2n) is 7.07. The number of methoxy groups -OCH3 is 1. The molecule has 4 aromatic rings. The first-order valence-electron chi connectivity index (χ1n) is 10.3. The molecular formula is C24H22FN5O2S. The Kier molecular flexibility index (Phi) is 7.43. The molecule has 1 N–H and O–H groups in total. The number of aromatic nitrogens is 4. The zero-order chi connectivity index (χ0) is 23.0. The molecule has 4 rings (SSSR count). The molecule has 0 atom stereocenters. The lowest BCUT2D eigenvalue weighted by molar-refractivity contribution is 0.0937. The summed E-state index contributed by atoms with van der Waals surface area (Å²) in [7, 11) is 1.59. The first-order chi connectivity index (χ1) is 16.2. The molecular weight excluding hydrogens is 441 g/mol. The highest BCUT2D eigenvalue weighted by molar-refractivity contribution is 7.98. The van der Waals surface area contributed by atoms with Gasteiger partial charge in [0, 0.05) is 42.9 Å². The Labute approximate surface area is 195 Å². The van der Waals surface area contributed by atoms with Gasteiger partial charge in [-0.05, 0) is 42.0 Å². The van der Waals surface area contributed by atoms with Crippen LogP contribution in [0, 0.1) is 5.82 Å². The van der Waals surface area contributed by atoms with E-state index >= 15 is 0 Å². The maximum atomic E-state index is 14.7. The third kappa shape index (κ3) is 5.44. The first-order valence-corrected chi connectivity index (χ1v) is 11.3. The topological polar surface area (TPSA) is 81.9 Å². The third-order valence-corrected chi connectivity index (χ3v) is 5.82. The highest BCUT2D eigenvalue weighted by Crippen LogP contribution is 2.30. The van der Waals surface area contributed by atoms with E-state index in [1.165, 1.54) is 17.8 Å². The minimum absolute atomic E-state index is 0.147. The average molecular weight is 464 g/mol. The third-order valence-electron chi connectivity index (χ3n) is 4.82. The van der Waals surface area contributed by atoms with Crippen LogP contribution in [0.3, 0.4) is 0 Å². The standard InChI is InChI=1S/C24H22FN5O2S/c1-32-14-13-27-23(31)18-10-8-17(9-11-18)16-33-24-29-28-22(19-5-4-12-26-15-19)30(24)21-7-3-2-6-20(21)25/h2-12,15H,13-14,16H2,1H3,(H,27,31). The van der Waals surface area contributed by atoms with Crippen LogP contribution in [0.4, 0.5) is 4.39 Å². The SMILES string of the molecule is COCCNC(=O)c1ccc(CSc2nnc(-c3cccnc3)n2-c2ccccc2F)cc1. The molecule has 1 amide bonds. The van der Waals surface area contributed by atoms with Gasteiger partial charge in [0.25, 0.3) is 5.91 Å². The van der Waals surface area contributed by atoms with E-state index in [1.54, 1.807) is 60.5 Å². The molecule has 0 saturated carbocycles. The maximum Gasteiger partial charge on any atom is 0.251 e. The van der Waals surface area contributed by atoms with E-state index in [9.17, 15) is 9.18 Å². The van der Waals surface area contributed by atoms with Gasteiger partial charge in [-0.3, -0.25) is 14.3 Å². The van der Waals surface area contributed by atoms with Crippen LogP contribution >= 0.6 is 11.8 Å². The summed E-state index contributed by atoms with van der Waals surface area (Å²) in [4.78, 5) is 16.3. The molecule has 0 aliphatic rings. The summed E-state index contributed by atoms with van der Waals surface area (Å²) in [6, 6.07) is 17.5. The predicted molar refractivity (Wildman–Crippen MR) is 125 cm³/mol. The fourth-order valence-electron chi connectivity index (χ4n) is 3.16. The number of pyridine rings is 1. The molecule has 0 radical (unpaired) electrons. The molecule has 2 aromatic heterocycles. The van der Waals surface area contributed by atoms with Gasteiger partial charge >= 0.3 is 0 Å². The van der Waals surface area contributed by atoms with Gasteiger partial charge in [-0.25, -0.2) is 4.39 Å². The van der Waals surface area contributed by atoms with Crippen molar-refractivity contribution in [3.05, 3.63) is 90.0 Å². The molecule has 0 bridgehead atoms. The van der Waals surface area contributed by atoms with Crippen molar-refractivity contribution in [3.8, 4) is 17.1 Å². The van der Waals surface area contributed by atoms with E-state index in [4.69, 9.17) is 4.74 Å². The summed E-state index contributed by atoms with van der Waals surface area (Å²) in [5.41, 5.74) is 2.68. The van der Waals surface area contributed by atoms with Crippen molar-refractivity contribution < 1.29 is 13.9 Å². The molecule has 0 aliphatic heterocycles. The fraction of sp³-hybridized carbons (Fsp3) is 0.167. The molecule has 0 aliphatic carbocycles. The van der Waals surface area contributed by atoms with E-state index in [1.807, 2.05) is 18.2 Å². The summed E-state index contributed by atoms with van der Waals surface area (Å²) in [5, 5.41) is 12.0. The van der Waals surface area contributed by atoms with Crippen LogP contribution in [0.25, 0.3) is 17.1 Å². The van der Waals surface area contributed by atoms with Gasteiger partial charge in [-0.15, -0.1) is 10.2 Å². The summed E-state index contributed by atoms with van der Waals surface area (Å²) < 4.78 is 21.3. The Morgan fingerprint density at radius 1 is 1.09 bits per heavy atom. The van der Waals surface area contributed by atoms with E-state index in [2.05, 4.69) is 20.5 Å². The van der Waals surface area contributed by atoms with Crippen LogP contribution in [-0.4, -0.2) is 45.9 Å². The smallest absolute Gasteiger partial charge is 0.251 e. The number of hydrogen-bond acceptors (Lipinski definition) is 6. The number of ether oxygens (including phenoxy) is 1. The van der Waals surface area contributed by atoms with Gasteiger partial charge in [0.05, 0.1) is 12.3 Å². The monoisotopic (exact) mass is 463 g/mol. The highest BCUT2D eigenvalue weighted by atomic mass is 32.2. The molecule has 9 heteroatoms. The van der Waals surface area contributed by atoms with E-state index in [-0.39, 0.29) is 11.7 Å². The number of amides is 1. The molecule has 168 valence electrons. The number of rotatable bonds is 9. The van der Waals surface area contributed by atoms with E-state index < -0.39 is 0 Å². The lowest BCUT2D eigenvalue weighted by Gasteiger charge is -2.11. The molecule has 0 spiro atoms. The van der Waals surface area contributed by atoms with Crippen LogP contribution in [0.2, 0.25) is 0 Å². The predicted octanol–water partition coefficient (Wildman–Crippen LogP) is 4.14. The minimum atomic E-state index is -0.367. The summed E-state index contributed by atoms with van der Waals surface area (Å²) in [6.07, 6.45) is 3.34.